The summed E-state index contributed by atoms with van der Waals surface area (Å²) in [5, 5.41) is 21.5. The van der Waals surface area contributed by atoms with Gasteiger partial charge in [-0.25, -0.2) is 0 Å². The smallest absolute Gasteiger partial charge is 0.316 e. The van der Waals surface area contributed by atoms with Crippen molar-refractivity contribution in [2.24, 2.45) is 0 Å². The van der Waals surface area contributed by atoms with Crippen molar-refractivity contribution in [1.29, 1.82) is 0 Å². The number of halogens is 1. The number of nitro groups is 1. The summed E-state index contributed by atoms with van der Waals surface area (Å²) in [5.74, 6) is -1.07. The van der Waals surface area contributed by atoms with E-state index in [0.717, 1.165) is 10.9 Å². The number of aromatic nitrogens is 2. The van der Waals surface area contributed by atoms with Crippen molar-refractivity contribution in [3.05, 3.63) is 62.3 Å². The zero-order valence-corrected chi connectivity index (χ0v) is 15.6. The zero-order chi connectivity index (χ0) is 20.1. The van der Waals surface area contributed by atoms with Gasteiger partial charge in [0.1, 0.15) is 0 Å². The Morgan fingerprint density at radius 2 is 1.96 bits per heavy atom. The second-order valence-corrected chi connectivity index (χ2v) is 6.69. The molecule has 2 heterocycles. The van der Waals surface area contributed by atoms with E-state index in [-0.39, 0.29) is 35.3 Å². The van der Waals surface area contributed by atoms with Crippen molar-refractivity contribution in [1.82, 2.24) is 20.8 Å². The average Bonchev–Trinajstić information content (AvgIpc) is 3.36. The van der Waals surface area contributed by atoms with Crippen LogP contribution in [0.2, 0.25) is 5.02 Å². The van der Waals surface area contributed by atoms with Crippen molar-refractivity contribution in [2.45, 2.75) is 0 Å². The van der Waals surface area contributed by atoms with Gasteiger partial charge in [0.25, 0.3) is 11.6 Å². The monoisotopic (exact) mass is 421 g/mol. The molecule has 1 aromatic carbocycles. The van der Waals surface area contributed by atoms with Crippen LogP contribution in [-0.2, 0) is 0 Å². The molecule has 0 aliphatic carbocycles. The molecule has 2 aromatic heterocycles. The maximum absolute atomic E-state index is 12.1. The molecule has 10 nitrogen and oxygen atoms in total. The SMILES string of the molecule is O=C(NCCNC(=O)c1cc([N+](=O)[O-])ccc1Cl)c1nc(-c2cccs2)no1. The van der Waals surface area contributed by atoms with Gasteiger partial charge in [0.05, 0.1) is 20.4 Å². The largest absolute Gasteiger partial charge is 0.350 e. The number of hydrogen-bond donors (Lipinski definition) is 2. The summed E-state index contributed by atoms with van der Waals surface area (Å²) >= 11 is 7.31. The van der Waals surface area contributed by atoms with Crippen LogP contribution in [0.1, 0.15) is 21.0 Å². The molecule has 0 atom stereocenters. The first kappa shape index (κ1) is 19.5. The Morgan fingerprint density at radius 3 is 2.64 bits per heavy atom. The summed E-state index contributed by atoms with van der Waals surface area (Å²) in [6.45, 7) is 0.142. The predicted octanol–water partition coefficient (Wildman–Crippen LogP) is 2.52. The lowest BCUT2D eigenvalue weighted by atomic mass is 10.2. The van der Waals surface area contributed by atoms with E-state index in [1.165, 1.54) is 23.5 Å². The molecule has 0 bridgehead atoms. The first-order chi connectivity index (χ1) is 13.5. The van der Waals surface area contributed by atoms with Crippen LogP contribution in [-0.4, -0.2) is 40.0 Å². The lowest BCUT2D eigenvalue weighted by Gasteiger charge is -2.07. The highest BCUT2D eigenvalue weighted by atomic mass is 35.5. The van der Waals surface area contributed by atoms with Crippen LogP contribution in [0.3, 0.4) is 0 Å². The molecular formula is C16H12ClN5O5S. The minimum absolute atomic E-state index is 0.0281. The lowest BCUT2D eigenvalue weighted by molar-refractivity contribution is -0.384. The van der Waals surface area contributed by atoms with Gasteiger partial charge in [0, 0.05) is 25.2 Å². The van der Waals surface area contributed by atoms with Crippen LogP contribution in [0, 0.1) is 10.1 Å². The number of carbonyl (C=O) groups is 2. The molecule has 0 saturated heterocycles. The topological polar surface area (TPSA) is 140 Å². The van der Waals surface area contributed by atoms with E-state index in [0.29, 0.717) is 5.82 Å². The minimum atomic E-state index is -0.623. The number of hydrogen-bond acceptors (Lipinski definition) is 8. The maximum Gasteiger partial charge on any atom is 0.316 e. The van der Waals surface area contributed by atoms with Crippen molar-refractivity contribution >= 4 is 40.4 Å². The molecule has 0 unspecified atom stereocenters. The molecule has 0 radical (unpaired) electrons. The number of carbonyl (C=O) groups excluding carboxylic acids is 2. The standard InChI is InChI=1S/C16H12ClN5O5S/c17-11-4-3-9(22(25)26)8-10(11)14(23)18-5-6-19-15(24)16-20-13(21-27-16)12-2-1-7-28-12/h1-4,7-8H,5-6H2,(H,18,23)(H,19,24). The van der Waals surface area contributed by atoms with E-state index < -0.39 is 16.7 Å². The molecular weight excluding hydrogens is 410 g/mol. The number of nitro benzene ring substituents is 1. The van der Waals surface area contributed by atoms with Crippen molar-refractivity contribution in [2.75, 3.05) is 13.1 Å². The first-order valence-corrected chi connectivity index (χ1v) is 9.09. The number of nitrogens with zero attached hydrogens (tertiary/aromatic N) is 3. The van der Waals surface area contributed by atoms with Crippen LogP contribution < -0.4 is 10.6 Å². The number of nitrogens with one attached hydrogen (secondary N) is 2. The Bertz CT molecular complexity index is 1020. The molecule has 2 amide bonds. The molecule has 3 aromatic rings. The maximum atomic E-state index is 12.1. The summed E-state index contributed by atoms with van der Waals surface area (Å²) in [5.41, 5.74) is -0.277. The quantitative estimate of drug-likeness (QED) is 0.339. The highest BCUT2D eigenvalue weighted by Crippen LogP contribution is 2.22. The normalized spacial score (nSPS) is 10.5. The molecule has 2 N–H and O–H groups in total. The third-order valence-corrected chi connectivity index (χ3v) is 4.66. The van der Waals surface area contributed by atoms with E-state index in [9.17, 15) is 19.7 Å². The van der Waals surface area contributed by atoms with Gasteiger partial charge in [-0.1, -0.05) is 22.8 Å². The number of non-ortho nitro benzene ring substituents is 1. The Labute approximate surface area is 166 Å². The zero-order valence-electron chi connectivity index (χ0n) is 14.0. The van der Waals surface area contributed by atoms with Crippen LogP contribution >= 0.6 is 22.9 Å². The van der Waals surface area contributed by atoms with Crippen LogP contribution in [0.25, 0.3) is 10.7 Å². The van der Waals surface area contributed by atoms with E-state index >= 15 is 0 Å². The predicted molar refractivity (Wildman–Crippen MR) is 100 cm³/mol. The van der Waals surface area contributed by atoms with E-state index in [1.54, 1.807) is 6.07 Å². The summed E-state index contributed by atoms with van der Waals surface area (Å²) in [7, 11) is 0. The fourth-order valence-electron chi connectivity index (χ4n) is 2.15. The summed E-state index contributed by atoms with van der Waals surface area (Å²) in [4.78, 5) is 39.1. The van der Waals surface area contributed by atoms with Gasteiger partial charge in [-0.3, -0.25) is 19.7 Å². The van der Waals surface area contributed by atoms with Gasteiger partial charge >= 0.3 is 11.8 Å². The number of benzene rings is 1. The van der Waals surface area contributed by atoms with Gasteiger partial charge in [0.2, 0.25) is 5.82 Å². The number of thiophene rings is 1. The Hall–Kier alpha value is -3.31. The highest BCUT2D eigenvalue weighted by Gasteiger charge is 2.17. The van der Waals surface area contributed by atoms with Crippen molar-refractivity contribution < 1.29 is 19.0 Å². The summed E-state index contributed by atoms with van der Waals surface area (Å²) in [6, 6.07) is 7.18. The number of rotatable bonds is 7. The second kappa shape index (κ2) is 8.59. The molecule has 0 spiro atoms. The summed E-state index contributed by atoms with van der Waals surface area (Å²) < 4.78 is 4.91. The van der Waals surface area contributed by atoms with Crippen LogP contribution in [0.15, 0.2) is 40.2 Å². The molecule has 144 valence electrons. The van der Waals surface area contributed by atoms with Gasteiger partial charge in [-0.2, -0.15) is 4.98 Å². The molecule has 3 rings (SSSR count). The van der Waals surface area contributed by atoms with Gasteiger partial charge in [0.15, 0.2) is 0 Å². The third-order valence-electron chi connectivity index (χ3n) is 3.46. The van der Waals surface area contributed by atoms with Crippen LogP contribution in [0.4, 0.5) is 5.69 Å². The van der Waals surface area contributed by atoms with Gasteiger partial charge < -0.3 is 15.2 Å². The van der Waals surface area contributed by atoms with Crippen molar-refractivity contribution in [3.8, 4) is 10.7 Å². The average molecular weight is 422 g/mol. The lowest BCUT2D eigenvalue weighted by Crippen LogP contribution is -2.35. The minimum Gasteiger partial charge on any atom is -0.350 e. The molecule has 12 heteroatoms. The fraction of sp³-hybridized carbons (Fsp3) is 0.125. The highest BCUT2D eigenvalue weighted by molar-refractivity contribution is 7.13. The fourth-order valence-corrected chi connectivity index (χ4v) is 3.00. The third kappa shape index (κ3) is 4.50. The molecule has 28 heavy (non-hydrogen) atoms. The first-order valence-electron chi connectivity index (χ1n) is 7.83. The molecule has 0 aliphatic heterocycles. The Kier molecular flexibility index (Phi) is 5.96. The van der Waals surface area contributed by atoms with Gasteiger partial charge in [-0.05, 0) is 17.5 Å². The van der Waals surface area contributed by atoms with E-state index in [4.69, 9.17) is 16.1 Å². The summed E-state index contributed by atoms with van der Waals surface area (Å²) in [6.07, 6.45) is 0. The second-order valence-electron chi connectivity index (χ2n) is 5.33. The Morgan fingerprint density at radius 1 is 1.21 bits per heavy atom. The van der Waals surface area contributed by atoms with Crippen LogP contribution in [0.5, 0.6) is 0 Å². The van der Waals surface area contributed by atoms with Gasteiger partial charge in [-0.15, -0.1) is 11.3 Å². The number of amides is 2. The van der Waals surface area contributed by atoms with E-state index in [1.807, 2.05) is 11.4 Å². The molecule has 0 aliphatic rings. The molecule has 0 saturated carbocycles. The van der Waals surface area contributed by atoms with E-state index in [2.05, 4.69) is 20.8 Å². The molecule has 0 fully saturated rings. The van der Waals surface area contributed by atoms with Crippen molar-refractivity contribution in [3.63, 3.8) is 0 Å². The Balaban J connectivity index is 1.50.